The van der Waals surface area contributed by atoms with E-state index in [9.17, 15) is 0 Å². The molecule has 43 valence electrons. The van der Waals surface area contributed by atoms with Gasteiger partial charge in [0.05, 0.1) is 0 Å². The van der Waals surface area contributed by atoms with Crippen molar-refractivity contribution in [1.82, 2.24) is 5.23 Å². The number of hydrogen-bond acceptors (Lipinski definition) is 1. The summed E-state index contributed by atoms with van der Waals surface area (Å²) in [5.41, 5.74) is 2.73. The standard InChI is InChI=1S/C7H7BN/c1-2-4-7-6(3-1)5-9-8-7/h1-4,9H,5H2. The summed E-state index contributed by atoms with van der Waals surface area (Å²) >= 11 is 0. The highest BCUT2D eigenvalue weighted by Gasteiger charge is 2.08. The Bertz CT molecular complexity index is 199. The molecule has 0 amide bonds. The predicted octanol–water partition coefficient (Wildman–Crippen LogP) is 0.0343. The van der Waals surface area contributed by atoms with Crippen LogP contribution in [0.1, 0.15) is 5.56 Å². The quantitative estimate of drug-likeness (QED) is 0.471. The van der Waals surface area contributed by atoms with Crippen LogP contribution in [-0.4, -0.2) is 7.41 Å². The number of hydrogen-bond donors (Lipinski definition) is 1. The van der Waals surface area contributed by atoms with Crippen molar-refractivity contribution in [3.05, 3.63) is 29.8 Å². The third kappa shape index (κ3) is 0.755. The molecular weight excluding hydrogens is 109 g/mol. The van der Waals surface area contributed by atoms with Crippen LogP contribution < -0.4 is 10.7 Å². The molecule has 0 atom stereocenters. The first-order valence-electron chi connectivity index (χ1n) is 3.11. The second-order valence-electron chi connectivity index (χ2n) is 2.22. The molecule has 9 heavy (non-hydrogen) atoms. The van der Waals surface area contributed by atoms with Gasteiger partial charge in [-0.3, -0.25) is 0 Å². The molecule has 2 heteroatoms. The number of fused-ring (bicyclic) bond motifs is 1. The smallest absolute Gasteiger partial charge is 0.245 e. The summed E-state index contributed by atoms with van der Waals surface area (Å²) in [6.45, 7) is 0.996. The highest BCUT2D eigenvalue weighted by molar-refractivity contribution is 6.52. The third-order valence-electron chi connectivity index (χ3n) is 1.61. The Morgan fingerprint density at radius 2 is 2.22 bits per heavy atom. The first kappa shape index (κ1) is 5.06. The van der Waals surface area contributed by atoms with Crippen molar-refractivity contribution in [3.63, 3.8) is 0 Å². The van der Waals surface area contributed by atoms with Gasteiger partial charge in [-0.15, -0.1) is 0 Å². The van der Waals surface area contributed by atoms with E-state index in [0.717, 1.165) is 6.54 Å². The van der Waals surface area contributed by atoms with Gasteiger partial charge in [-0.25, -0.2) is 0 Å². The molecule has 0 aliphatic carbocycles. The molecular formula is C7H7BN. The van der Waals surface area contributed by atoms with Crippen LogP contribution in [0.4, 0.5) is 0 Å². The first-order valence-corrected chi connectivity index (χ1v) is 3.11. The summed E-state index contributed by atoms with van der Waals surface area (Å²) in [7, 11) is 2.05. The van der Waals surface area contributed by atoms with Crippen molar-refractivity contribution in [1.29, 1.82) is 0 Å². The Morgan fingerprint density at radius 1 is 1.33 bits per heavy atom. The molecule has 1 aromatic rings. The normalized spacial score (nSPS) is 14.7. The van der Waals surface area contributed by atoms with Crippen molar-refractivity contribution in [2.45, 2.75) is 6.54 Å². The monoisotopic (exact) mass is 116 g/mol. The van der Waals surface area contributed by atoms with Crippen molar-refractivity contribution in [2.24, 2.45) is 0 Å². The fraction of sp³-hybridized carbons (Fsp3) is 0.143. The summed E-state index contributed by atoms with van der Waals surface area (Å²) in [6, 6.07) is 8.39. The molecule has 1 nitrogen and oxygen atoms in total. The van der Waals surface area contributed by atoms with Gasteiger partial charge in [0, 0.05) is 6.54 Å². The summed E-state index contributed by atoms with van der Waals surface area (Å²) in [5.74, 6) is 0. The number of benzene rings is 1. The molecule has 0 bridgehead atoms. The van der Waals surface area contributed by atoms with Gasteiger partial charge < -0.3 is 5.23 Å². The topological polar surface area (TPSA) is 12.0 Å². The van der Waals surface area contributed by atoms with E-state index in [-0.39, 0.29) is 0 Å². The average molecular weight is 116 g/mol. The molecule has 0 saturated heterocycles. The van der Waals surface area contributed by atoms with Gasteiger partial charge >= 0.3 is 0 Å². The molecule has 0 saturated carbocycles. The van der Waals surface area contributed by atoms with E-state index >= 15 is 0 Å². The zero-order chi connectivity index (χ0) is 6.10. The number of nitrogens with one attached hydrogen (secondary N) is 1. The van der Waals surface area contributed by atoms with Gasteiger partial charge in [0.1, 0.15) is 0 Å². The van der Waals surface area contributed by atoms with E-state index in [4.69, 9.17) is 0 Å². The second kappa shape index (κ2) is 1.88. The maximum absolute atomic E-state index is 3.16. The van der Waals surface area contributed by atoms with Crippen molar-refractivity contribution in [3.8, 4) is 0 Å². The van der Waals surface area contributed by atoms with Gasteiger partial charge in [-0.1, -0.05) is 29.7 Å². The van der Waals surface area contributed by atoms with E-state index in [0.29, 0.717) is 0 Å². The van der Waals surface area contributed by atoms with Gasteiger partial charge in [0.25, 0.3) is 0 Å². The van der Waals surface area contributed by atoms with Crippen LogP contribution in [0.2, 0.25) is 0 Å². The fourth-order valence-electron chi connectivity index (χ4n) is 1.11. The summed E-state index contributed by atoms with van der Waals surface area (Å²) in [4.78, 5) is 0. The van der Waals surface area contributed by atoms with E-state index in [2.05, 4.69) is 36.9 Å². The number of rotatable bonds is 0. The van der Waals surface area contributed by atoms with Crippen LogP contribution in [0.3, 0.4) is 0 Å². The molecule has 1 aliphatic rings. The Balaban J connectivity index is 2.54. The van der Waals surface area contributed by atoms with Gasteiger partial charge in [-0.2, -0.15) is 0 Å². The highest BCUT2D eigenvalue weighted by atomic mass is 14.8. The van der Waals surface area contributed by atoms with E-state index in [1.54, 1.807) is 0 Å². The van der Waals surface area contributed by atoms with E-state index in [1.807, 2.05) is 0 Å². The van der Waals surface area contributed by atoms with Crippen LogP contribution in [0.25, 0.3) is 0 Å². The molecule has 2 rings (SSSR count). The lowest BCUT2D eigenvalue weighted by molar-refractivity contribution is 0.991. The SMILES string of the molecule is [B]1NCc2ccccc21. The van der Waals surface area contributed by atoms with Gasteiger partial charge in [0.15, 0.2) is 0 Å². The van der Waals surface area contributed by atoms with E-state index in [1.165, 1.54) is 11.0 Å². The fourth-order valence-corrected chi connectivity index (χ4v) is 1.11. The molecule has 0 unspecified atom stereocenters. The average Bonchev–Trinajstić information content (AvgIpc) is 2.33. The van der Waals surface area contributed by atoms with Crippen LogP contribution in [0, 0.1) is 0 Å². The maximum atomic E-state index is 3.16. The summed E-state index contributed by atoms with van der Waals surface area (Å²) < 4.78 is 0. The van der Waals surface area contributed by atoms with Gasteiger partial charge in [0.2, 0.25) is 7.41 Å². The zero-order valence-electron chi connectivity index (χ0n) is 5.09. The molecule has 1 N–H and O–H groups in total. The summed E-state index contributed by atoms with van der Waals surface area (Å²) in [5, 5.41) is 3.16. The molecule has 0 aromatic heterocycles. The Labute approximate surface area is 55.4 Å². The molecule has 1 radical (unpaired) electrons. The largest absolute Gasteiger partial charge is 0.352 e. The predicted molar refractivity (Wildman–Crippen MR) is 38.7 cm³/mol. The zero-order valence-corrected chi connectivity index (χ0v) is 5.09. The molecule has 0 spiro atoms. The van der Waals surface area contributed by atoms with Crippen LogP contribution in [0.15, 0.2) is 24.3 Å². The lowest BCUT2D eigenvalue weighted by Crippen LogP contribution is -2.18. The second-order valence-corrected chi connectivity index (χ2v) is 2.22. The highest BCUT2D eigenvalue weighted by Crippen LogP contribution is 1.98. The minimum absolute atomic E-state index is 0.996. The first-order chi connectivity index (χ1) is 4.47. The van der Waals surface area contributed by atoms with Crippen molar-refractivity contribution < 1.29 is 0 Å². The van der Waals surface area contributed by atoms with Crippen LogP contribution >= 0.6 is 0 Å². The lowest BCUT2D eigenvalue weighted by Gasteiger charge is -1.91. The Hall–Kier alpha value is -0.755. The lowest BCUT2D eigenvalue weighted by atomic mass is 9.85. The molecule has 1 aliphatic heterocycles. The molecule has 1 heterocycles. The Morgan fingerprint density at radius 3 is 3.11 bits per heavy atom. The Kier molecular flexibility index (Phi) is 1.06. The summed E-state index contributed by atoms with van der Waals surface area (Å²) in [6.07, 6.45) is 0. The maximum Gasteiger partial charge on any atom is 0.245 e. The minimum Gasteiger partial charge on any atom is -0.352 e. The van der Waals surface area contributed by atoms with Crippen molar-refractivity contribution >= 4 is 12.9 Å². The minimum atomic E-state index is 0.996. The molecule has 1 aromatic carbocycles. The van der Waals surface area contributed by atoms with Gasteiger partial charge in [-0.05, 0) is 5.56 Å². The third-order valence-corrected chi connectivity index (χ3v) is 1.61. The van der Waals surface area contributed by atoms with E-state index < -0.39 is 0 Å². The van der Waals surface area contributed by atoms with Crippen molar-refractivity contribution in [2.75, 3.05) is 0 Å². The molecule has 0 fully saturated rings. The van der Waals surface area contributed by atoms with Crippen LogP contribution in [0.5, 0.6) is 0 Å². The van der Waals surface area contributed by atoms with Crippen LogP contribution in [-0.2, 0) is 6.54 Å².